The lowest BCUT2D eigenvalue weighted by Crippen LogP contribution is -2.54. The maximum atomic E-state index is 14.0. The molecule has 0 radical (unpaired) electrons. The molecule has 3 unspecified atom stereocenters. The van der Waals surface area contributed by atoms with Crippen LogP contribution in [0.15, 0.2) is 54.6 Å². The van der Waals surface area contributed by atoms with E-state index >= 15 is 0 Å². The van der Waals surface area contributed by atoms with Gasteiger partial charge in [-0.1, -0.05) is 48.4 Å². The average molecular weight is 589 g/mol. The number of rotatable bonds is 10. The maximum absolute atomic E-state index is 14.0. The molecule has 2 rings (SSSR count). The highest BCUT2D eigenvalue weighted by atomic mass is 16.6. The first kappa shape index (κ1) is 34.4. The van der Waals surface area contributed by atoms with E-state index in [-0.39, 0.29) is 6.42 Å². The molecule has 0 aliphatic heterocycles. The highest BCUT2D eigenvalue weighted by Crippen LogP contribution is 2.24. The van der Waals surface area contributed by atoms with E-state index in [4.69, 9.17) is 15.9 Å². The lowest BCUT2D eigenvalue weighted by molar-refractivity contribution is -0.159. The summed E-state index contributed by atoms with van der Waals surface area (Å²) in [4.78, 5) is 54.4. The van der Waals surface area contributed by atoms with Crippen LogP contribution in [0.25, 0.3) is 0 Å². The second kappa shape index (κ2) is 14.9. The summed E-state index contributed by atoms with van der Waals surface area (Å²) >= 11 is 0. The van der Waals surface area contributed by atoms with Crippen LogP contribution in [0.1, 0.15) is 71.2 Å². The number of ether oxygens (including phenoxy) is 2. The van der Waals surface area contributed by atoms with Crippen molar-refractivity contribution in [2.75, 3.05) is 6.54 Å². The molecule has 0 heterocycles. The van der Waals surface area contributed by atoms with Crippen molar-refractivity contribution < 1.29 is 28.7 Å². The molecule has 0 fully saturated rings. The van der Waals surface area contributed by atoms with E-state index in [1.807, 2.05) is 36.4 Å². The van der Waals surface area contributed by atoms with Gasteiger partial charge in [0.05, 0.1) is 6.07 Å². The molecule has 2 aromatic rings. The molecule has 10 nitrogen and oxygen atoms in total. The minimum Gasteiger partial charge on any atom is -0.458 e. The quantitative estimate of drug-likeness (QED) is 0.243. The van der Waals surface area contributed by atoms with Crippen LogP contribution < -0.4 is 10.6 Å². The largest absolute Gasteiger partial charge is 0.458 e. The topological polar surface area (TPSA) is 138 Å². The van der Waals surface area contributed by atoms with Gasteiger partial charge in [-0.05, 0) is 71.7 Å². The van der Waals surface area contributed by atoms with Gasteiger partial charge in [-0.25, -0.2) is 9.59 Å². The molecule has 0 aliphatic rings. The van der Waals surface area contributed by atoms with Gasteiger partial charge in [-0.3, -0.25) is 9.59 Å². The molecule has 0 bridgehead atoms. The average Bonchev–Trinajstić information content (AvgIpc) is 2.91. The Morgan fingerprint density at radius 2 is 1.49 bits per heavy atom. The number of hydrogen-bond donors (Lipinski definition) is 2. The van der Waals surface area contributed by atoms with Gasteiger partial charge < -0.3 is 25.0 Å². The first-order chi connectivity index (χ1) is 20.0. The molecule has 0 saturated carbocycles. The summed E-state index contributed by atoms with van der Waals surface area (Å²) in [6, 6.07) is 13.7. The zero-order valence-electron chi connectivity index (χ0n) is 25.8. The number of carbonyl (C=O) groups excluding carboxylic acids is 4. The molecule has 3 atom stereocenters. The second-order valence-electron chi connectivity index (χ2n) is 11.9. The first-order valence-electron chi connectivity index (χ1n) is 13.9. The summed E-state index contributed by atoms with van der Waals surface area (Å²) in [6.07, 6.45) is 4.79. The van der Waals surface area contributed by atoms with Crippen molar-refractivity contribution in [2.24, 2.45) is 0 Å². The summed E-state index contributed by atoms with van der Waals surface area (Å²) in [7, 11) is 0. The zero-order chi connectivity index (χ0) is 32.4. The van der Waals surface area contributed by atoms with E-state index in [0.717, 1.165) is 10.5 Å². The van der Waals surface area contributed by atoms with Crippen LogP contribution in [0, 0.1) is 23.7 Å². The third-order valence-electron chi connectivity index (χ3n) is 5.87. The molecule has 0 aromatic heterocycles. The van der Waals surface area contributed by atoms with Crippen molar-refractivity contribution >= 4 is 23.9 Å². The third-order valence-corrected chi connectivity index (χ3v) is 5.87. The number of benzene rings is 2. The molecule has 0 saturated heterocycles. The van der Waals surface area contributed by atoms with E-state index in [2.05, 4.69) is 16.6 Å². The zero-order valence-corrected chi connectivity index (χ0v) is 25.8. The van der Waals surface area contributed by atoms with Gasteiger partial charge in [0.1, 0.15) is 35.9 Å². The van der Waals surface area contributed by atoms with Crippen LogP contribution in [0.2, 0.25) is 0 Å². The Morgan fingerprint density at radius 1 is 0.907 bits per heavy atom. The van der Waals surface area contributed by atoms with Crippen LogP contribution in [-0.4, -0.2) is 58.6 Å². The van der Waals surface area contributed by atoms with Crippen molar-refractivity contribution in [3.63, 3.8) is 0 Å². The summed E-state index contributed by atoms with van der Waals surface area (Å²) in [5.41, 5.74) is 0.0143. The predicted octanol–water partition coefficient (Wildman–Crippen LogP) is 4.04. The first-order valence-corrected chi connectivity index (χ1v) is 13.9. The monoisotopic (exact) mass is 588 g/mol. The number of nitrogens with zero attached hydrogens (tertiary/aromatic N) is 2. The smallest absolute Gasteiger partial charge is 0.408 e. The number of amides is 3. The lowest BCUT2D eigenvalue weighted by Gasteiger charge is -2.33. The minimum absolute atomic E-state index is 0.118. The van der Waals surface area contributed by atoms with Gasteiger partial charge in [0.25, 0.3) is 0 Å². The predicted molar refractivity (Wildman–Crippen MR) is 161 cm³/mol. The Kier molecular flexibility index (Phi) is 11.9. The molecule has 43 heavy (non-hydrogen) atoms. The molecular formula is C33H40N4O6. The SMILES string of the molecule is C#Cc1ccc(C(C(=O)NC(Cc2ccccc2)C(=O)OC(C)(C)C)N(CC#N)C(=O)C(C)NC(=O)OC(C)(C)C)cc1. The Morgan fingerprint density at radius 3 is 2.00 bits per heavy atom. The molecule has 228 valence electrons. The standard InChI is InChI=1S/C33H40N4O6/c1-9-23-15-17-25(18-16-23)27(37(20-19-34)29(39)22(2)35-31(41)43-33(6,7)8)28(38)36-26(30(40)42-32(3,4)5)21-24-13-11-10-12-14-24/h1,10-18,22,26-27H,20-21H2,2-8H3,(H,35,41)(H,36,38). The van der Waals surface area contributed by atoms with Crippen molar-refractivity contribution in [2.45, 2.75) is 84.2 Å². The fraction of sp³-hybridized carbons (Fsp3) is 0.424. The van der Waals surface area contributed by atoms with Gasteiger partial charge in [0, 0.05) is 12.0 Å². The Hall–Kier alpha value is -4.83. The number of carbonyl (C=O) groups is 4. The van der Waals surface area contributed by atoms with Crippen molar-refractivity contribution in [1.29, 1.82) is 5.26 Å². The van der Waals surface area contributed by atoms with Crippen LogP contribution in [-0.2, 0) is 30.3 Å². The van der Waals surface area contributed by atoms with Crippen molar-refractivity contribution in [3.05, 3.63) is 71.3 Å². The molecule has 2 N–H and O–H groups in total. The van der Waals surface area contributed by atoms with Crippen molar-refractivity contribution in [3.8, 4) is 18.4 Å². The highest BCUT2D eigenvalue weighted by Gasteiger charge is 2.37. The molecule has 2 aromatic carbocycles. The molecule has 0 spiro atoms. The van der Waals surface area contributed by atoms with Gasteiger partial charge >= 0.3 is 12.1 Å². The third kappa shape index (κ3) is 11.2. The summed E-state index contributed by atoms with van der Waals surface area (Å²) < 4.78 is 10.9. The van der Waals surface area contributed by atoms with Gasteiger partial charge in [0.2, 0.25) is 11.8 Å². The van der Waals surface area contributed by atoms with E-state index in [0.29, 0.717) is 11.1 Å². The Bertz CT molecular complexity index is 1360. The number of nitriles is 1. The second-order valence-corrected chi connectivity index (χ2v) is 11.9. The summed E-state index contributed by atoms with van der Waals surface area (Å²) in [6.45, 7) is 11.1. The van der Waals surface area contributed by atoms with Crippen LogP contribution in [0.3, 0.4) is 0 Å². The number of esters is 1. The lowest BCUT2D eigenvalue weighted by atomic mass is 10.00. The molecule has 3 amide bonds. The summed E-state index contributed by atoms with van der Waals surface area (Å²) in [5, 5.41) is 14.9. The number of nitrogens with one attached hydrogen (secondary N) is 2. The van der Waals surface area contributed by atoms with E-state index in [1.165, 1.54) is 6.92 Å². The van der Waals surface area contributed by atoms with Crippen molar-refractivity contribution in [1.82, 2.24) is 15.5 Å². The van der Waals surface area contributed by atoms with Crippen LogP contribution in [0.4, 0.5) is 4.79 Å². The van der Waals surface area contributed by atoms with E-state index in [1.54, 1.807) is 65.8 Å². The number of alkyl carbamates (subject to hydrolysis) is 1. The minimum atomic E-state index is -1.36. The molecule has 0 aliphatic carbocycles. The number of hydrogen-bond acceptors (Lipinski definition) is 7. The molecular weight excluding hydrogens is 548 g/mol. The van der Waals surface area contributed by atoms with Crippen LogP contribution in [0.5, 0.6) is 0 Å². The van der Waals surface area contributed by atoms with Gasteiger partial charge in [-0.2, -0.15) is 5.26 Å². The fourth-order valence-corrected chi connectivity index (χ4v) is 4.07. The number of terminal acetylenes is 1. The van der Waals surface area contributed by atoms with Gasteiger partial charge in [0.15, 0.2) is 0 Å². The normalized spacial score (nSPS) is 13.2. The van der Waals surface area contributed by atoms with E-state index in [9.17, 15) is 24.4 Å². The maximum Gasteiger partial charge on any atom is 0.408 e. The van der Waals surface area contributed by atoms with Gasteiger partial charge in [-0.15, -0.1) is 6.42 Å². The Balaban J connectivity index is 2.51. The van der Waals surface area contributed by atoms with Crippen LogP contribution >= 0.6 is 0 Å². The fourth-order valence-electron chi connectivity index (χ4n) is 4.07. The molecule has 10 heteroatoms. The summed E-state index contributed by atoms with van der Waals surface area (Å²) in [5.74, 6) is 0.390. The van der Waals surface area contributed by atoms with E-state index < -0.39 is 59.7 Å². The highest BCUT2D eigenvalue weighted by molar-refractivity contribution is 5.94. The Labute approximate surface area is 253 Å².